The first kappa shape index (κ1) is 285. The molecule has 1 fully saturated rings. The van der Waals surface area contributed by atoms with E-state index in [1.165, 1.54) is 0 Å². The number of aliphatic hydroxyl groups is 1. The Morgan fingerprint density at radius 2 is 0.800 bits per heavy atom. The van der Waals surface area contributed by atoms with Crippen LogP contribution in [-0.2, 0) is 14.2 Å². The Morgan fingerprint density at radius 3 is 0.857 bits per heavy atom. The number of hydrogen-bond acceptors (Lipinski definition) is 4. The first-order valence-electron chi connectivity index (χ1n) is 4.52. The molecule has 0 bridgehead atoms. The van der Waals surface area contributed by atoms with Crippen LogP contribution in [0.15, 0.2) is 0 Å². The smallest absolute Gasteiger partial charge is 0.104 e. The molecule has 1 aliphatic heterocycles. The third-order valence-corrected chi connectivity index (χ3v) is 1.59. The van der Waals surface area contributed by atoms with Crippen LogP contribution in [0.5, 0.6) is 0 Å². The third-order valence-electron chi connectivity index (χ3n) is 1.59. The Labute approximate surface area is 242 Å². The van der Waals surface area contributed by atoms with Crippen molar-refractivity contribution in [2.24, 2.45) is 0 Å². The van der Waals surface area contributed by atoms with Crippen LogP contribution in [0.25, 0.3) is 0 Å². The minimum absolute atomic E-state index is 0. The van der Waals surface area contributed by atoms with Crippen molar-refractivity contribution in [3.05, 3.63) is 0 Å². The van der Waals surface area contributed by atoms with Crippen molar-refractivity contribution >= 4 is 0 Å². The molecular weight excluding hydrogens is 436 g/mol. The monoisotopic (exact) mass is 545 g/mol. The standard InChI is InChI=1S/C5H12O2.C4H8O2.22CH4/c1-3-5(6)4-7-2;1-5-2-4-3-6-4;;;;;;;;;;;;;;;;;;;;;;/h5-6H,3-4H2,1-2H3;4H,2-3H2,1H3;22*1H4/t;4-;;;;;;;;;;;;;;;;;;;;;;/m.1....................../s1. The predicted octanol–water partition coefficient (Wildman–Crippen LogP) is 14.4. The molecule has 0 aromatic rings. The summed E-state index contributed by atoms with van der Waals surface area (Å²) >= 11 is 0. The molecule has 1 saturated heterocycles. The number of ether oxygens (including phenoxy) is 3. The van der Waals surface area contributed by atoms with Gasteiger partial charge in [0.15, 0.2) is 0 Å². The van der Waals surface area contributed by atoms with Crippen molar-refractivity contribution in [1.29, 1.82) is 0 Å². The Balaban J connectivity index is -0.00000000241. The summed E-state index contributed by atoms with van der Waals surface area (Å²) in [6.07, 6.45) is 0.924. The topological polar surface area (TPSA) is 51.2 Å². The molecule has 4 nitrogen and oxygen atoms in total. The van der Waals surface area contributed by atoms with Crippen molar-refractivity contribution in [2.45, 2.75) is 189 Å². The largest absolute Gasteiger partial charge is 0.391 e. The molecule has 0 amide bonds. The van der Waals surface area contributed by atoms with Crippen molar-refractivity contribution in [3.8, 4) is 0 Å². The molecule has 0 aromatic heterocycles. The number of rotatable bonds is 5. The Kier molecular flexibility index (Phi) is 1800. The van der Waals surface area contributed by atoms with Gasteiger partial charge >= 0.3 is 0 Å². The zero-order valence-corrected chi connectivity index (χ0v) is 8.66. The van der Waals surface area contributed by atoms with Gasteiger partial charge < -0.3 is 19.3 Å². The van der Waals surface area contributed by atoms with Crippen LogP contribution >= 0.6 is 0 Å². The van der Waals surface area contributed by atoms with Crippen molar-refractivity contribution in [2.75, 3.05) is 34.0 Å². The van der Waals surface area contributed by atoms with Crippen molar-refractivity contribution in [1.82, 2.24) is 0 Å². The van der Waals surface area contributed by atoms with E-state index in [2.05, 4.69) is 4.74 Å². The maximum atomic E-state index is 8.73. The fourth-order valence-electron chi connectivity index (χ4n) is 0.660. The number of epoxide rings is 1. The van der Waals surface area contributed by atoms with E-state index >= 15 is 0 Å². The third kappa shape index (κ3) is 292. The van der Waals surface area contributed by atoms with Gasteiger partial charge in [-0.3, -0.25) is 0 Å². The molecule has 256 valence electrons. The normalized spacial score (nSPS) is 8.06. The molecule has 1 rings (SSSR count). The maximum Gasteiger partial charge on any atom is 0.104 e. The summed E-state index contributed by atoms with van der Waals surface area (Å²) in [6.45, 7) is 4.04. The lowest BCUT2D eigenvalue weighted by Crippen LogP contribution is -2.11. The van der Waals surface area contributed by atoms with Crippen LogP contribution < -0.4 is 0 Å². The fourth-order valence-corrected chi connectivity index (χ4v) is 0.660. The van der Waals surface area contributed by atoms with Gasteiger partial charge in [-0.2, -0.15) is 0 Å². The van der Waals surface area contributed by atoms with E-state index in [9.17, 15) is 0 Å². The molecule has 1 N–H and O–H groups in total. The quantitative estimate of drug-likeness (QED) is 0.349. The molecule has 35 heavy (non-hydrogen) atoms. The highest BCUT2D eigenvalue weighted by atomic mass is 16.6. The summed E-state index contributed by atoms with van der Waals surface area (Å²) in [7, 11) is 3.26. The van der Waals surface area contributed by atoms with Crippen molar-refractivity contribution < 1.29 is 19.3 Å². The van der Waals surface area contributed by atoms with Gasteiger partial charge in [0.1, 0.15) is 6.10 Å². The van der Waals surface area contributed by atoms with Gasteiger partial charge in [0.2, 0.25) is 0 Å². The zero-order valence-electron chi connectivity index (χ0n) is 8.66. The van der Waals surface area contributed by atoms with E-state index in [-0.39, 0.29) is 169 Å². The highest BCUT2D eigenvalue weighted by Crippen LogP contribution is 2.06. The molecule has 0 radical (unpaired) electrons. The Bertz CT molecular complexity index is 110. The first-order valence-corrected chi connectivity index (χ1v) is 4.52. The number of methoxy groups -OCH3 is 2. The molecule has 4 heteroatoms. The van der Waals surface area contributed by atoms with Crippen LogP contribution in [0.3, 0.4) is 0 Å². The van der Waals surface area contributed by atoms with E-state index in [0.717, 1.165) is 19.6 Å². The molecule has 1 unspecified atom stereocenters. The second-order valence-electron chi connectivity index (χ2n) is 2.93. The van der Waals surface area contributed by atoms with Gasteiger partial charge in [0.25, 0.3) is 0 Å². The lowest BCUT2D eigenvalue weighted by molar-refractivity contribution is 0.0625. The number of hydrogen-bond donors (Lipinski definition) is 1. The molecule has 2 atom stereocenters. The molecule has 0 aliphatic carbocycles. The Hall–Kier alpha value is -0.160. The summed E-state index contributed by atoms with van der Waals surface area (Å²) in [6, 6.07) is 0. The van der Waals surface area contributed by atoms with Gasteiger partial charge in [-0.15, -0.1) is 0 Å². The van der Waals surface area contributed by atoms with E-state index in [1.807, 2.05) is 6.92 Å². The molecule has 1 aliphatic rings. The maximum absolute atomic E-state index is 8.73. The van der Waals surface area contributed by atoms with E-state index in [4.69, 9.17) is 14.6 Å². The van der Waals surface area contributed by atoms with Crippen LogP contribution in [0.2, 0.25) is 0 Å². The highest BCUT2D eigenvalue weighted by molar-refractivity contribution is 4.66. The van der Waals surface area contributed by atoms with Gasteiger partial charge in [0, 0.05) is 14.2 Å². The van der Waals surface area contributed by atoms with Crippen molar-refractivity contribution in [3.63, 3.8) is 0 Å². The van der Waals surface area contributed by atoms with E-state index in [1.54, 1.807) is 14.2 Å². The molecule has 0 aromatic carbocycles. The second kappa shape index (κ2) is 221. The van der Waals surface area contributed by atoms with E-state index in [0.29, 0.717) is 12.7 Å². The highest BCUT2D eigenvalue weighted by Gasteiger charge is 2.21. The predicted molar refractivity (Wildman–Crippen MR) is 198 cm³/mol. The van der Waals surface area contributed by atoms with Crippen LogP contribution in [0, 0.1) is 0 Å². The summed E-state index contributed by atoms with van der Waals surface area (Å²) in [5, 5.41) is 8.73. The summed E-state index contributed by atoms with van der Waals surface area (Å²) in [4.78, 5) is 0. The SMILES string of the molecule is C.C.C.C.C.C.C.C.C.C.C.C.C.C.C.C.C.C.C.C.C.C.CCC(O)COC.COC[C@@H]1CO1. The average molecular weight is 545 g/mol. The molecule has 1 heterocycles. The van der Waals surface area contributed by atoms with Gasteiger partial charge in [-0.1, -0.05) is 170 Å². The molecule has 0 saturated carbocycles. The van der Waals surface area contributed by atoms with Crippen LogP contribution in [-0.4, -0.2) is 51.4 Å². The summed E-state index contributed by atoms with van der Waals surface area (Å²) in [5.74, 6) is 0. The average Bonchev–Trinajstić information content (AvgIpc) is 2.91. The molecular formula is C31H108O4. The Morgan fingerprint density at radius 1 is 0.571 bits per heavy atom. The number of aliphatic hydroxyl groups excluding tert-OH is 1. The van der Waals surface area contributed by atoms with E-state index < -0.39 is 0 Å². The van der Waals surface area contributed by atoms with Gasteiger partial charge in [-0.25, -0.2) is 0 Å². The summed E-state index contributed by atoms with van der Waals surface area (Å²) in [5.41, 5.74) is 0. The van der Waals surface area contributed by atoms with Gasteiger partial charge in [0.05, 0.1) is 25.9 Å². The van der Waals surface area contributed by atoms with Gasteiger partial charge in [-0.05, 0) is 6.42 Å². The molecule has 0 spiro atoms. The fraction of sp³-hybridized carbons (Fsp3) is 1.00. The van der Waals surface area contributed by atoms with Crippen LogP contribution in [0.4, 0.5) is 0 Å². The lowest BCUT2D eigenvalue weighted by atomic mass is 10.3. The summed E-state index contributed by atoms with van der Waals surface area (Å²) < 4.78 is 14.2. The zero-order chi connectivity index (χ0) is 10.1. The van der Waals surface area contributed by atoms with Crippen LogP contribution in [0.1, 0.15) is 177 Å². The minimum atomic E-state index is -0.273. The second-order valence-corrected chi connectivity index (χ2v) is 2.93. The lowest BCUT2D eigenvalue weighted by Gasteiger charge is -2.02. The first-order chi connectivity index (χ1) is 6.24. The minimum Gasteiger partial charge on any atom is -0.391 e.